The molecule has 0 aliphatic carbocycles. The van der Waals surface area contributed by atoms with Crippen molar-refractivity contribution in [1.29, 1.82) is 0 Å². The van der Waals surface area contributed by atoms with E-state index >= 15 is 0 Å². The molecule has 9 heteroatoms. The van der Waals surface area contributed by atoms with Crippen LogP contribution >= 0.6 is 0 Å². The SMILES string of the molecule is CC(=O)OCC1O[C@H]2OC(C)=NC2C(OC(C)=O)[C@@H]1OC(C)=O. The first-order valence-corrected chi connectivity index (χ1v) is 7.12. The van der Waals surface area contributed by atoms with E-state index in [4.69, 9.17) is 23.7 Å². The normalized spacial score (nSPS) is 32.2. The topological polar surface area (TPSA) is 110 Å². The van der Waals surface area contributed by atoms with Crippen molar-refractivity contribution in [1.82, 2.24) is 0 Å². The van der Waals surface area contributed by atoms with Gasteiger partial charge in [0.15, 0.2) is 24.1 Å². The van der Waals surface area contributed by atoms with E-state index in [0.717, 1.165) is 0 Å². The molecule has 2 aliphatic rings. The molecule has 5 atom stereocenters. The summed E-state index contributed by atoms with van der Waals surface area (Å²) < 4.78 is 26.5. The molecule has 3 unspecified atom stereocenters. The zero-order chi connectivity index (χ0) is 17.1. The van der Waals surface area contributed by atoms with Crippen LogP contribution in [0.2, 0.25) is 0 Å². The lowest BCUT2D eigenvalue weighted by molar-refractivity contribution is -0.249. The summed E-state index contributed by atoms with van der Waals surface area (Å²) in [5.41, 5.74) is 0. The van der Waals surface area contributed by atoms with Crippen LogP contribution in [-0.2, 0) is 38.1 Å². The molecule has 0 saturated carbocycles. The van der Waals surface area contributed by atoms with Gasteiger partial charge in [-0.25, -0.2) is 4.99 Å². The number of fused-ring (bicyclic) bond motifs is 1. The Bertz CT molecular complexity index is 531. The van der Waals surface area contributed by atoms with E-state index in [1.165, 1.54) is 20.8 Å². The van der Waals surface area contributed by atoms with Crippen molar-refractivity contribution in [3.05, 3.63) is 0 Å². The maximum atomic E-state index is 11.4. The van der Waals surface area contributed by atoms with Crippen LogP contribution < -0.4 is 0 Å². The second-order valence-electron chi connectivity index (χ2n) is 5.25. The number of hydrogen-bond acceptors (Lipinski definition) is 9. The van der Waals surface area contributed by atoms with Gasteiger partial charge < -0.3 is 23.7 Å². The Morgan fingerprint density at radius 2 is 1.65 bits per heavy atom. The number of hydrogen-bond donors (Lipinski definition) is 0. The highest BCUT2D eigenvalue weighted by Gasteiger charge is 2.53. The molecule has 0 spiro atoms. The highest BCUT2D eigenvalue weighted by molar-refractivity contribution is 5.75. The van der Waals surface area contributed by atoms with Crippen LogP contribution in [0.3, 0.4) is 0 Å². The Morgan fingerprint density at radius 3 is 2.22 bits per heavy atom. The van der Waals surface area contributed by atoms with Gasteiger partial charge in [-0.15, -0.1) is 0 Å². The fourth-order valence-corrected chi connectivity index (χ4v) is 2.53. The second kappa shape index (κ2) is 6.95. The van der Waals surface area contributed by atoms with Gasteiger partial charge in [0.2, 0.25) is 6.29 Å². The second-order valence-corrected chi connectivity index (χ2v) is 5.25. The summed E-state index contributed by atoms with van der Waals surface area (Å²) in [5, 5.41) is 0. The largest absolute Gasteiger partial charge is 0.463 e. The maximum Gasteiger partial charge on any atom is 0.303 e. The third kappa shape index (κ3) is 4.19. The molecule has 23 heavy (non-hydrogen) atoms. The van der Waals surface area contributed by atoms with Gasteiger partial charge in [-0.2, -0.15) is 0 Å². The lowest BCUT2D eigenvalue weighted by Crippen LogP contribution is -2.60. The first kappa shape index (κ1) is 17.2. The molecule has 128 valence electrons. The molecule has 0 radical (unpaired) electrons. The molecule has 2 heterocycles. The predicted octanol–water partition coefficient (Wildman–Crippen LogP) is -0.0450. The van der Waals surface area contributed by atoms with Gasteiger partial charge in [-0.05, 0) is 0 Å². The highest BCUT2D eigenvalue weighted by atomic mass is 16.7. The number of aliphatic imine (C=N–C) groups is 1. The van der Waals surface area contributed by atoms with Crippen LogP contribution in [0, 0.1) is 0 Å². The van der Waals surface area contributed by atoms with Crippen molar-refractivity contribution < 1.29 is 38.1 Å². The van der Waals surface area contributed by atoms with Crippen molar-refractivity contribution in [3.63, 3.8) is 0 Å². The minimum atomic E-state index is -0.963. The zero-order valence-electron chi connectivity index (χ0n) is 13.3. The van der Waals surface area contributed by atoms with Gasteiger partial charge in [0, 0.05) is 27.7 Å². The molecule has 0 bridgehead atoms. The minimum Gasteiger partial charge on any atom is -0.463 e. The number of esters is 3. The average molecular weight is 329 g/mol. The number of nitrogens with zero attached hydrogens (tertiary/aromatic N) is 1. The van der Waals surface area contributed by atoms with Crippen molar-refractivity contribution in [2.75, 3.05) is 6.61 Å². The zero-order valence-corrected chi connectivity index (χ0v) is 13.3. The van der Waals surface area contributed by atoms with Crippen molar-refractivity contribution >= 4 is 23.8 Å². The van der Waals surface area contributed by atoms with Crippen LogP contribution in [0.4, 0.5) is 0 Å². The molecule has 2 aliphatic heterocycles. The molecule has 0 aromatic rings. The summed E-state index contributed by atoms with van der Waals surface area (Å²) in [6, 6.07) is -0.656. The van der Waals surface area contributed by atoms with Gasteiger partial charge in [-0.1, -0.05) is 0 Å². The first-order valence-electron chi connectivity index (χ1n) is 7.12. The summed E-state index contributed by atoms with van der Waals surface area (Å²) in [6.45, 7) is 5.17. The summed E-state index contributed by atoms with van der Waals surface area (Å²) >= 11 is 0. The molecule has 2 rings (SSSR count). The Balaban J connectivity index is 2.26. The number of ether oxygens (including phenoxy) is 5. The molecule has 9 nitrogen and oxygen atoms in total. The van der Waals surface area contributed by atoms with Gasteiger partial charge in [0.1, 0.15) is 12.7 Å². The van der Waals surface area contributed by atoms with Crippen LogP contribution in [0.25, 0.3) is 0 Å². The smallest absolute Gasteiger partial charge is 0.303 e. The van der Waals surface area contributed by atoms with Crippen LogP contribution in [0.1, 0.15) is 27.7 Å². The molecule has 1 saturated heterocycles. The summed E-state index contributed by atoms with van der Waals surface area (Å²) in [5.74, 6) is -1.28. The predicted molar refractivity (Wildman–Crippen MR) is 74.4 cm³/mol. The van der Waals surface area contributed by atoms with Crippen molar-refractivity contribution in [3.8, 4) is 0 Å². The van der Waals surface area contributed by atoms with Gasteiger partial charge in [0.05, 0.1) is 0 Å². The lowest BCUT2D eigenvalue weighted by Gasteiger charge is -2.40. The van der Waals surface area contributed by atoms with Crippen LogP contribution in [-0.4, -0.2) is 61.1 Å². The van der Waals surface area contributed by atoms with Crippen LogP contribution in [0.15, 0.2) is 4.99 Å². The monoisotopic (exact) mass is 329 g/mol. The molecule has 0 aromatic heterocycles. The van der Waals surface area contributed by atoms with E-state index in [2.05, 4.69) is 4.99 Å². The summed E-state index contributed by atoms with van der Waals surface area (Å²) in [6.07, 6.45) is -3.50. The Labute approximate surface area is 132 Å². The summed E-state index contributed by atoms with van der Waals surface area (Å²) in [7, 11) is 0. The molecule has 0 aromatic carbocycles. The third-order valence-electron chi connectivity index (χ3n) is 3.29. The Hall–Kier alpha value is -2.16. The Morgan fingerprint density at radius 1 is 1.04 bits per heavy atom. The summed E-state index contributed by atoms with van der Waals surface area (Å²) in [4.78, 5) is 38.1. The lowest BCUT2D eigenvalue weighted by atomic mass is 9.97. The average Bonchev–Trinajstić information content (AvgIpc) is 2.78. The highest BCUT2D eigenvalue weighted by Crippen LogP contribution is 2.32. The number of carbonyl (C=O) groups is 3. The number of rotatable bonds is 4. The van der Waals surface area contributed by atoms with Gasteiger partial charge in [0.25, 0.3) is 0 Å². The molecule has 0 N–H and O–H groups in total. The fraction of sp³-hybridized carbons (Fsp3) is 0.714. The van der Waals surface area contributed by atoms with Gasteiger partial charge >= 0.3 is 17.9 Å². The Kier molecular flexibility index (Phi) is 5.19. The fourth-order valence-electron chi connectivity index (χ4n) is 2.53. The van der Waals surface area contributed by atoms with E-state index in [0.29, 0.717) is 5.90 Å². The maximum absolute atomic E-state index is 11.4. The molecular formula is C14H19NO8. The van der Waals surface area contributed by atoms with E-state index < -0.39 is 48.6 Å². The molecular weight excluding hydrogens is 310 g/mol. The quantitative estimate of drug-likeness (QED) is 0.522. The standard InChI is InChI=1S/C14H19NO8/c1-6-15-11-13(22-9(4)18)12(21-8(3)17)10(5-19-7(2)16)23-14(11)20-6/h10-14H,5H2,1-4H3/t10?,11?,12-,13?,14-/m1/s1. The first-order chi connectivity index (χ1) is 10.8. The number of carbonyl (C=O) groups excluding carboxylic acids is 3. The molecule has 1 fully saturated rings. The minimum absolute atomic E-state index is 0.170. The van der Waals surface area contributed by atoms with E-state index in [1.807, 2.05) is 0 Å². The third-order valence-corrected chi connectivity index (χ3v) is 3.29. The van der Waals surface area contributed by atoms with E-state index in [9.17, 15) is 14.4 Å². The van der Waals surface area contributed by atoms with Gasteiger partial charge in [-0.3, -0.25) is 14.4 Å². The molecule has 0 amide bonds. The van der Waals surface area contributed by atoms with E-state index in [1.54, 1.807) is 6.92 Å². The van der Waals surface area contributed by atoms with Crippen molar-refractivity contribution in [2.45, 2.75) is 58.3 Å². The van der Waals surface area contributed by atoms with Crippen molar-refractivity contribution in [2.24, 2.45) is 4.99 Å². The van der Waals surface area contributed by atoms with Crippen LogP contribution in [0.5, 0.6) is 0 Å². The van der Waals surface area contributed by atoms with E-state index in [-0.39, 0.29) is 6.61 Å².